The fraction of sp³-hybridized carbons (Fsp3) is 0.462. The van der Waals surface area contributed by atoms with Gasteiger partial charge in [0.1, 0.15) is 4.90 Å². The molecule has 3 N–H and O–H groups in total. The number of nitriles is 1. The molecule has 0 fully saturated rings. The summed E-state index contributed by atoms with van der Waals surface area (Å²) >= 11 is 0. The Kier molecular flexibility index (Phi) is 4.92. The fourth-order valence-electron chi connectivity index (χ4n) is 1.95. The molecule has 0 spiro atoms. The molecule has 0 aliphatic rings. The second kappa shape index (κ2) is 6.04. The smallest absolute Gasteiger partial charge is 0.242 e. The van der Waals surface area contributed by atoms with Crippen LogP contribution in [0.4, 0.5) is 5.69 Å². The number of nitrogen functional groups attached to an aromatic ring is 1. The average molecular weight is 281 g/mol. The maximum Gasteiger partial charge on any atom is 0.242 e. The molecule has 1 aromatic carbocycles. The molecule has 1 aromatic rings. The summed E-state index contributed by atoms with van der Waals surface area (Å²) in [7, 11) is -3.65. The Morgan fingerprint density at radius 3 is 2.47 bits per heavy atom. The molecule has 0 saturated heterocycles. The molecule has 6 heteroatoms. The van der Waals surface area contributed by atoms with Gasteiger partial charge in [-0.15, -0.1) is 0 Å². The van der Waals surface area contributed by atoms with E-state index in [1.54, 1.807) is 0 Å². The third-order valence-electron chi connectivity index (χ3n) is 2.61. The molecule has 0 amide bonds. The molecule has 1 rings (SSSR count). The molecule has 5 nitrogen and oxygen atoms in total. The van der Waals surface area contributed by atoms with Gasteiger partial charge in [-0.05, 0) is 37.5 Å². The van der Waals surface area contributed by atoms with Crippen molar-refractivity contribution in [2.45, 2.75) is 38.1 Å². The van der Waals surface area contributed by atoms with Gasteiger partial charge in [-0.1, -0.05) is 13.8 Å². The summed E-state index contributed by atoms with van der Waals surface area (Å²) in [6.45, 7) is 5.87. The monoisotopic (exact) mass is 281 g/mol. The van der Waals surface area contributed by atoms with Gasteiger partial charge in [0.2, 0.25) is 10.0 Å². The highest BCUT2D eigenvalue weighted by Crippen LogP contribution is 2.20. The Hall–Kier alpha value is -1.58. The Morgan fingerprint density at radius 1 is 1.37 bits per heavy atom. The highest BCUT2D eigenvalue weighted by atomic mass is 32.2. The minimum absolute atomic E-state index is 0.0158. The SMILES string of the molecule is CC(C)CC(C)NS(=O)(=O)c1ccc(C#N)cc1N. The second-order valence-corrected chi connectivity index (χ2v) is 6.70. The average Bonchev–Trinajstić information content (AvgIpc) is 2.26. The van der Waals surface area contributed by atoms with Gasteiger partial charge in [-0.3, -0.25) is 0 Å². The molecule has 19 heavy (non-hydrogen) atoms. The highest BCUT2D eigenvalue weighted by molar-refractivity contribution is 7.89. The van der Waals surface area contributed by atoms with Crippen LogP contribution in [0, 0.1) is 17.2 Å². The summed E-state index contributed by atoms with van der Waals surface area (Å²) in [6, 6.07) is 5.92. The molecule has 0 aliphatic heterocycles. The van der Waals surface area contributed by atoms with Crippen LogP contribution in [0.25, 0.3) is 0 Å². The minimum atomic E-state index is -3.65. The van der Waals surface area contributed by atoms with Gasteiger partial charge in [0, 0.05) is 6.04 Å². The summed E-state index contributed by atoms with van der Waals surface area (Å²) in [4.78, 5) is 0.0158. The molecule has 0 radical (unpaired) electrons. The third kappa shape index (κ3) is 4.23. The highest BCUT2D eigenvalue weighted by Gasteiger charge is 2.20. The van der Waals surface area contributed by atoms with E-state index >= 15 is 0 Å². The van der Waals surface area contributed by atoms with E-state index in [4.69, 9.17) is 11.0 Å². The largest absolute Gasteiger partial charge is 0.398 e. The fourth-order valence-corrected chi connectivity index (χ4v) is 3.32. The van der Waals surface area contributed by atoms with Crippen molar-refractivity contribution in [3.63, 3.8) is 0 Å². The van der Waals surface area contributed by atoms with Gasteiger partial charge in [-0.2, -0.15) is 5.26 Å². The predicted octanol–water partition coefficient (Wildman–Crippen LogP) is 1.85. The quantitative estimate of drug-likeness (QED) is 0.805. The van der Waals surface area contributed by atoms with E-state index in [0.717, 1.165) is 6.42 Å². The minimum Gasteiger partial charge on any atom is -0.398 e. The first-order valence-corrected chi connectivity index (χ1v) is 7.56. The lowest BCUT2D eigenvalue weighted by Gasteiger charge is -2.17. The number of hydrogen-bond acceptors (Lipinski definition) is 4. The van der Waals surface area contributed by atoms with Crippen LogP contribution in [0.15, 0.2) is 23.1 Å². The van der Waals surface area contributed by atoms with Crippen molar-refractivity contribution in [2.75, 3.05) is 5.73 Å². The van der Waals surface area contributed by atoms with Gasteiger partial charge in [0.05, 0.1) is 17.3 Å². The van der Waals surface area contributed by atoms with E-state index in [2.05, 4.69) is 4.72 Å². The van der Waals surface area contributed by atoms with Crippen LogP contribution in [-0.2, 0) is 10.0 Å². The first-order valence-electron chi connectivity index (χ1n) is 6.08. The van der Waals surface area contributed by atoms with Gasteiger partial charge in [0.15, 0.2) is 0 Å². The molecule has 1 atom stereocenters. The number of hydrogen-bond donors (Lipinski definition) is 2. The number of rotatable bonds is 5. The van der Waals surface area contributed by atoms with Crippen LogP contribution >= 0.6 is 0 Å². The lowest BCUT2D eigenvalue weighted by atomic mass is 10.1. The van der Waals surface area contributed by atoms with Gasteiger partial charge in [0.25, 0.3) is 0 Å². The standard InChI is InChI=1S/C13H19N3O2S/c1-9(2)6-10(3)16-19(17,18)13-5-4-11(8-14)7-12(13)15/h4-5,7,9-10,16H,6,15H2,1-3H3. The second-order valence-electron chi connectivity index (χ2n) is 5.02. The van der Waals surface area contributed by atoms with Crippen molar-refractivity contribution in [2.24, 2.45) is 5.92 Å². The van der Waals surface area contributed by atoms with E-state index in [9.17, 15) is 8.42 Å². The predicted molar refractivity (Wildman–Crippen MR) is 74.8 cm³/mol. The zero-order chi connectivity index (χ0) is 14.6. The summed E-state index contributed by atoms with van der Waals surface area (Å²) < 4.78 is 26.9. The van der Waals surface area contributed by atoms with Crippen LogP contribution in [0.3, 0.4) is 0 Å². The number of sulfonamides is 1. The van der Waals surface area contributed by atoms with Crippen LogP contribution in [-0.4, -0.2) is 14.5 Å². The Morgan fingerprint density at radius 2 is 2.00 bits per heavy atom. The molecule has 1 unspecified atom stereocenters. The van der Waals surface area contributed by atoms with Gasteiger partial charge in [-0.25, -0.2) is 13.1 Å². The van der Waals surface area contributed by atoms with Crippen molar-refractivity contribution in [1.29, 1.82) is 5.26 Å². The molecular weight excluding hydrogens is 262 g/mol. The number of nitrogens with zero attached hydrogens (tertiary/aromatic N) is 1. The zero-order valence-corrected chi connectivity index (χ0v) is 12.2. The van der Waals surface area contributed by atoms with Gasteiger partial charge >= 0.3 is 0 Å². The lowest BCUT2D eigenvalue weighted by molar-refractivity contribution is 0.482. The van der Waals surface area contributed by atoms with E-state index in [1.807, 2.05) is 26.8 Å². The molecule has 0 bridgehead atoms. The summed E-state index contributed by atoms with van der Waals surface area (Å²) in [6.07, 6.45) is 0.745. The van der Waals surface area contributed by atoms with E-state index in [0.29, 0.717) is 11.5 Å². The first kappa shape index (κ1) is 15.5. The van der Waals surface area contributed by atoms with Crippen LogP contribution in [0.2, 0.25) is 0 Å². The number of nitrogens with one attached hydrogen (secondary N) is 1. The van der Waals surface area contributed by atoms with Crippen molar-refractivity contribution in [3.05, 3.63) is 23.8 Å². The summed E-state index contributed by atoms with van der Waals surface area (Å²) in [5.74, 6) is 0.399. The molecule has 0 aliphatic carbocycles. The Balaban J connectivity index is 2.98. The van der Waals surface area contributed by atoms with Gasteiger partial charge < -0.3 is 5.73 Å². The van der Waals surface area contributed by atoms with Crippen molar-refractivity contribution in [3.8, 4) is 6.07 Å². The Labute approximate surface area is 114 Å². The maximum atomic E-state index is 12.2. The molecule has 0 heterocycles. The normalized spacial score (nSPS) is 13.2. The molecule has 104 valence electrons. The van der Waals surface area contributed by atoms with Crippen LogP contribution in [0.5, 0.6) is 0 Å². The van der Waals surface area contributed by atoms with E-state index in [1.165, 1.54) is 18.2 Å². The van der Waals surface area contributed by atoms with Crippen molar-refractivity contribution in [1.82, 2.24) is 4.72 Å². The topological polar surface area (TPSA) is 96.0 Å². The molecule has 0 aromatic heterocycles. The Bertz CT molecular complexity index is 588. The van der Waals surface area contributed by atoms with Crippen molar-refractivity contribution >= 4 is 15.7 Å². The van der Waals surface area contributed by atoms with Crippen LogP contribution in [0.1, 0.15) is 32.8 Å². The maximum absolute atomic E-state index is 12.2. The zero-order valence-electron chi connectivity index (χ0n) is 11.3. The van der Waals surface area contributed by atoms with Crippen molar-refractivity contribution < 1.29 is 8.42 Å². The van der Waals surface area contributed by atoms with Crippen LogP contribution < -0.4 is 10.5 Å². The van der Waals surface area contributed by atoms with E-state index < -0.39 is 10.0 Å². The molecular formula is C13H19N3O2S. The summed E-state index contributed by atoms with van der Waals surface area (Å²) in [5, 5.41) is 8.73. The third-order valence-corrected chi connectivity index (χ3v) is 4.27. The lowest BCUT2D eigenvalue weighted by Crippen LogP contribution is -2.33. The number of anilines is 1. The number of nitrogens with two attached hydrogens (primary N) is 1. The van der Waals surface area contributed by atoms with E-state index in [-0.39, 0.29) is 16.6 Å². The first-order chi connectivity index (χ1) is 8.76. The molecule has 0 saturated carbocycles. The summed E-state index contributed by atoms with van der Waals surface area (Å²) in [5.41, 5.74) is 6.12. The number of benzene rings is 1.